The summed E-state index contributed by atoms with van der Waals surface area (Å²) in [4.78, 5) is 22.1. The molecule has 116 valence electrons. The fourth-order valence-corrected chi connectivity index (χ4v) is 2.17. The molecule has 0 heterocycles. The Balaban J connectivity index is 3.08. The molecule has 1 unspecified atom stereocenters. The van der Waals surface area contributed by atoms with Gasteiger partial charge in [-0.15, -0.1) is 0 Å². The Morgan fingerprint density at radius 3 is 2.57 bits per heavy atom. The van der Waals surface area contributed by atoms with Crippen molar-refractivity contribution in [2.45, 2.75) is 32.9 Å². The smallest absolute Gasteiger partial charge is 0.312 e. The van der Waals surface area contributed by atoms with Crippen LogP contribution in [-0.4, -0.2) is 28.6 Å². The molecule has 0 saturated carbocycles. The Bertz CT molecular complexity index is 546. The zero-order chi connectivity index (χ0) is 16.2. The van der Waals surface area contributed by atoms with E-state index in [1.54, 1.807) is 13.8 Å². The highest BCUT2D eigenvalue weighted by atomic mass is 79.9. The van der Waals surface area contributed by atoms with Crippen LogP contribution in [0.2, 0.25) is 0 Å². The number of carbonyl (C=O) groups excluding carboxylic acids is 1. The van der Waals surface area contributed by atoms with Gasteiger partial charge in [-0.05, 0) is 26.8 Å². The van der Waals surface area contributed by atoms with Gasteiger partial charge in [-0.2, -0.15) is 0 Å². The number of nitrogens with zero attached hydrogens (tertiary/aromatic N) is 1. The normalized spacial score (nSPS) is 12.1. The van der Waals surface area contributed by atoms with Crippen molar-refractivity contribution in [2.75, 3.05) is 6.61 Å². The summed E-state index contributed by atoms with van der Waals surface area (Å²) >= 11 is 3.15. The van der Waals surface area contributed by atoms with Crippen LogP contribution < -0.4 is 10.1 Å². The monoisotopic (exact) mass is 360 g/mol. The van der Waals surface area contributed by atoms with Gasteiger partial charge in [0, 0.05) is 22.1 Å². The molecule has 1 rings (SSSR count). The lowest BCUT2D eigenvalue weighted by Gasteiger charge is -2.15. The summed E-state index contributed by atoms with van der Waals surface area (Å²) < 4.78 is 5.72. The van der Waals surface area contributed by atoms with Crippen LogP contribution in [0.25, 0.3) is 0 Å². The molecule has 0 aliphatic heterocycles. The number of hydrogen-bond donors (Lipinski definition) is 2. The van der Waals surface area contributed by atoms with Crippen molar-refractivity contribution in [1.29, 1.82) is 0 Å². The molecule has 0 aliphatic carbocycles. The van der Waals surface area contributed by atoms with Crippen molar-refractivity contribution in [3.05, 3.63) is 32.3 Å². The highest BCUT2D eigenvalue weighted by Gasteiger charge is 2.24. The Morgan fingerprint density at radius 2 is 2.10 bits per heavy atom. The van der Waals surface area contributed by atoms with Crippen molar-refractivity contribution in [3.8, 4) is 5.75 Å². The van der Waals surface area contributed by atoms with Crippen LogP contribution in [-0.2, 0) is 4.79 Å². The van der Waals surface area contributed by atoms with E-state index in [1.807, 2.05) is 0 Å². The molecule has 0 bridgehead atoms. The minimum Gasteiger partial charge on any atom is -0.476 e. The first kappa shape index (κ1) is 17.4. The summed E-state index contributed by atoms with van der Waals surface area (Å²) in [6, 6.07) is 2.73. The van der Waals surface area contributed by atoms with Gasteiger partial charge in [-0.3, -0.25) is 14.9 Å². The minimum absolute atomic E-state index is 0.0581. The third kappa shape index (κ3) is 4.98. The molecule has 8 heteroatoms. The number of nitrogens with one attached hydrogen (secondary N) is 1. The third-order valence-electron chi connectivity index (χ3n) is 2.51. The van der Waals surface area contributed by atoms with Crippen LogP contribution in [0.3, 0.4) is 0 Å². The predicted octanol–water partition coefficient (Wildman–Crippen LogP) is 2.31. The van der Waals surface area contributed by atoms with Gasteiger partial charge in [0.2, 0.25) is 5.75 Å². The second kappa shape index (κ2) is 7.37. The van der Waals surface area contributed by atoms with Crippen molar-refractivity contribution in [1.82, 2.24) is 5.32 Å². The van der Waals surface area contributed by atoms with Gasteiger partial charge in [-0.25, -0.2) is 0 Å². The zero-order valence-electron chi connectivity index (χ0n) is 11.9. The number of aliphatic hydroxyl groups excluding tert-OH is 1. The Hall–Kier alpha value is -1.67. The molecule has 7 nitrogen and oxygen atoms in total. The molecule has 0 fully saturated rings. The maximum Gasteiger partial charge on any atom is 0.312 e. The molecule has 1 aromatic carbocycles. The highest BCUT2D eigenvalue weighted by molar-refractivity contribution is 9.10. The number of nitro groups is 1. The summed E-state index contributed by atoms with van der Waals surface area (Å²) in [7, 11) is 0. The van der Waals surface area contributed by atoms with E-state index in [9.17, 15) is 20.0 Å². The summed E-state index contributed by atoms with van der Waals surface area (Å²) in [5.41, 5.74) is -0.0638. The number of rotatable bonds is 6. The van der Waals surface area contributed by atoms with Crippen LogP contribution in [0.4, 0.5) is 5.69 Å². The van der Waals surface area contributed by atoms with E-state index in [0.29, 0.717) is 4.47 Å². The lowest BCUT2D eigenvalue weighted by molar-refractivity contribution is -0.386. The highest BCUT2D eigenvalue weighted by Crippen LogP contribution is 2.37. The minimum atomic E-state index is -0.968. The number of amides is 1. The van der Waals surface area contributed by atoms with Crippen molar-refractivity contribution < 1.29 is 19.6 Å². The second-order valence-electron chi connectivity index (χ2n) is 4.79. The summed E-state index contributed by atoms with van der Waals surface area (Å²) in [5, 5.41) is 23.4. The van der Waals surface area contributed by atoms with Crippen LogP contribution in [0.5, 0.6) is 5.75 Å². The van der Waals surface area contributed by atoms with Gasteiger partial charge < -0.3 is 15.2 Å². The van der Waals surface area contributed by atoms with Gasteiger partial charge in [0.25, 0.3) is 5.91 Å². The second-order valence-corrected chi connectivity index (χ2v) is 5.70. The molecule has 21 heavy (non-hydrogen) atoms. The maximum absolute atomic E-state index is 11.6. The third-order valence-corrected chi connectivity index (χ3v) is 2.96. The summed E-state index contributed by atoms with van der Waals surface area (Å²) in [6.07, 6.45) is -0.968. The largest absolute Gasteiger partial charge is 0.476 e. The van der Waals surface area contributed by atoms with E-state index in [4.69, 9.17) is 4.74 Å². The number of ether oxygens (including phenoxy) is 1. The number of hydrogen-bond acceptors (Lipinski definition) is 5. The molecule has 0 spiro atoms. The van der Waals surface area contributed by atoms with Gasteiger partial charge in [-0.1, -0.05) is 15.9 Å². The Kier molecular flexibility index (Phi) is 6.10. The molecule has 0 radical (unpaired) electrons. The van der Waals surface area contributed by atoms with Gasteiger partial charge >= 0.3 is 5.69 Å². The predicted molar refractivity (Wildman–Crippen MR) is 80.2 cm³/mol. The fraction of sp³-hybridized carbons (Fsp3) is 0.462. The average molecular weight is 361 g/mol. The molecule has 0 saturated heterocycles. The van der Waals surface area contributed by atoms with E-state index in [0.717, 1.165) is 0 Å². The topological polar surface area (TPSA) is 102 Å². The first-order valence-corrected chi connectivity index (χ1v) is 7.09. The molecule has 1 amide bonds. The maximum atomic E-state index is 11.6. The van der Waals surface area contributed by atoms with E-state index in [2.05, 4.69) is 21.2 Å². The number of nitro benzene ring substituents is 1. The van der Waals surface area contributed by atoms with Gasteiger partial charge in [0.1, 0.15) is 0 Å². The fourth-order valence-electron chi connectivity index (χ4n) is 1.70. The molecule has 1 atom stereocenters. The quantitative estimate of drug-likeness (QED) is 0.598. The van der Waals surface area contributed by atoms with Crippen LogP contribution in [0.15, 0.2) is 16.6 Å². The molecule has 1 aromatic rings. The zero-order valence-corrected chi connectivity index (χ0v) is 13.5. The molecular formula is C13H17BrN2O5. The summed E-state index contributed by atoms with van der Waals surface area (Å²) in [6.45, 7) is 4.69. The number of benzene rings is 1. The van der Waals surface area contributed by atoms with Crippen molar-refractivity contribution in [3.63, 3.8) is 0 Å². The first-order valence-electron chi connectivity index (χ1n) is 6.30. The van der Waals surface area contributed by atoms with E-state index < -0.39 is 16.9 Å². The van der Waals surface area contributed by atoms with Crippen molar-refractivity contribution in [2.24, 2.45) is 0 Å². The van der Waals surface area contributed by atoms with Crippen LogP contribution in [0, 0.1) is 10.1 Å². The number of aliphatic hydroxyl groups is 1. The van der Waals surface area contributed by atoms with Crippen LogP contribution >= 0.6 is 15.9 Å². The van der Waals surface area contributed by atoms with Gasteiger partial charge in [0.05, 0.1) is 11.0 Å². The molecule has 0 aliphatic rings. The van der Waals surface area contributed by atoms with Gasteiger partial charge in [0.15, 0.2) is 6.61 Å². The first-order chi connectivity index (χ1) is 9.72. The molecule has 2 N–H and O–H groups in total. The van der Waals surface area contributed by atoms with E-state index in [1.165, 1.54) is 19.1 Å². The van der Waals surface area contributed by atoms with Crippen LogP contribution in [0.1, 0.15) is 32.4 Å². The van der Waals surface area contributed by atoms with E-state index >= 15 is 0 Å². The Morgan fingerprint density at radius 1 is 1.48 bits per heavy atom. The SMILES string of the molecule is CC(C)NC(=O)COc1c(C(C)O)cc(Br)cc1[N+](=O)[O-]. The Labute approximate surface area is 130 Å². The molecular weight excluding hydrogens is 344 g/mol. The summed E-state index contributed by atoms with van der Waals surface area (Å²) in [5.74, 6) is -0.490. The number of carbonyl (C=O) groups is 1. The lowest BCUT2D eigenvalue weighted by Crippen LogP contribution is -2.34. The standard InChI is InChI=1S/C13H17BrN2O5/c1-7(2)15-12(18)6-21-13-10(8(3)17)4-9(14)5-11(13)16(19)20/h4-5,7-8,17H,6H2,1-3H3,(H,15,18). The lowest BCUT2D eigenvalue weighted by atomic mass is 10.1. The van der Waals surface area contributed by atoms with E-state index in [-0.39, 0.29) is 29.6 Å². The van der Waals surface area contributed by atoms with Crippen molar-refractivity contribution >= 4 is 27.5 Å². The average Bonchev–Trinajstić information content (AvgIpc) is 2.35. The number of halogens is 1. The molecule has 0 aromatic heterocycles.